The van der Waals surface area contributed by atoms with Crippen molar-refractivity contribution in [2.45, 2.75) is 39.2 Å². The summed E-state index contributed by atoms with van der Waals surface area (Å²) in [7, 11) is 1.80. The lowest BCUT2D eigenvalue weighted by Gasteiger charge is -2.27. The molecule has 2 heterocycles. The number of nitrogens with one attached hydrogen (secondary N) is 2. The van der Waals surface area contributed by atoms with Crippen LogP contribution in [0.3, 0.4) is 0 Å². The summed E-state index contributed by atoms with van der Waals surface area (Å²) < 4.78 is 11.5. The van der Waals surface area contributed by atoms with Gasteiger partial charge in [-0.1, -0.05) is 13.8 Å². The number of likely N-dealkylation sites (tertiary alicyclic amines) is 1. The molecular formula is C20H32N4O2. The Labute approximate surface area is 157 Å². The minimum Gasteiger partial charge on any atom is -0.490 e. The SMILES string of the molecule is CN=C(NC[C@H]1CCCN1CC(C)C)Nc1ccc2c(c1)OCCCO2. The van der Waals surface area contributed by atoms with Crippen LogP contribution in [0.4, 0.5) is 5.69 Å². The van der Waals surface area contributed by atoms with Crippen molar-refractivity contribution in [3.8, 4) is 11.5 Å². The number of ether oxygens (including phenoxy) is 2. The minimum absolute atomic E-state index is 0.583. The molecule has 3 rings (SSSR count). The number of hydrogen-bond acceptors (Lipinski definition) is 4. The normalized spacial score (nSPS) is 20.9. The van der Waals surface area contributed by atoms with Crippen LogP contribution in [-0.2, 0) is 0 Å². The van der Waals surface area contributed by atoms with Crippen molar-refractivity contribution in [2.75, 3.05) is 45.2 Å². The molecule has 6 heteroatoms. The molecule has 1 atom stereocenters. The maximum absolute atomic E-state index is 5.76. The van der Waals surface area contributed by atoms with Gasteiger partial charge in [-0.15, -0.1) is 0 Å². The largest absolute Gasteiger partial charge is 0.490 e. The van der Waals surface area contributed by atoms with Crippen molar-refractivity contribution < 1.29 is 9.47 Å². The van der Waals surface area contributed by atoms with E-state index < -0.39 is 0 Å². The first-order valence-electron chi connectivity index (χ1n) is 9.77. The molecule has 2 aliphatic rings. The third-order valence-corrected chi connectivity index (χ3v) is 4.84. The highest BCUT2D eigenvalue weighted by molar-refractivity contribution is 5.93. The zero-order valence-electron chi connectivity index (χ0n) is 16.3. The third-order valence-electron chi connectivity index (χ3n) is 4.84. The van der Waals surface area contributed by atoms with Gasteiger partial charge in [0.1, 0.15) is 0 Å². The Morgan fingerprint density at radius 2 is 2.04 bits per heavy atom. The maximum atomic E-state index is 5.76. The molecular weight excluding hydrogens is 328 g/mol. The van der Waals surface area contributed by atoms with Crippen molar-refractivity contribution in [1.29, 1.82) is 0 Å². The van der Waals surface area contributed by atoms with Crippen LogP contribution in [0.1, 0.15) is 33.1 Å². The summed E-state index contributed by atoms with van der Waals surface area (Å²) in [6, 6.07) is 6.52. The summed E-state index contributed by atoms with van der Waals surface area (Å²) in [5.41, 5.74) is 0.952. The highest BCUT2D eigenvalue weighted by Gasteiger charge is 2.24. The third kappa shape index (κ3) is 5.04. The fourth-order valence-corrected chi connectivity index (χ4v) is 3.61. The summed E-state index contributed by atoms with van der Waals surface area (Å²) in [5.74, 6) is 3.10. The quantitative estimate of drug-likeness (QED) is 0.624. The van der Waals surface area contributed by atoms with Gasteiger partial charge >= 0.3 is 0 Å². The first kappa shape index (κ1) is 18.8. The molecule has 0 aromatic heterocycles. The summed E-state index contributed by atoms with van der Waals surface area (Å²) >= 11 is 0. The van der Waals surface area contributed by atoms with Crippen molar-refractivity contribution >= 4 is 11.6 Å². The predicted molar refractivity (Wildman–Crippen MR) is 106 cm³/mol. The monoisotopic (exact) mass is 360 g/mol. The molecule has 144 valence electrons. The van der Waals surface area contributed by atoms with Gasteiger partial charge in [-0.3, -0.25) is 9.89 Å². The van der Waals surface area contributed by atoms with E-state index in [9.17, 15) is 0 Å². The van der Waals surface area contributed by atoms with Gasteiger partial charge in [-0.05, 0) is 37.4 Å². The second-order valence-corrected chi connectivity index (χ2v) is 7.47. The fourth-order valence-electron chi connectivity index (χ4n) is 3.61. The van der Waals surface area contributed by atoms with E-state index in [1.807, 2.05) is 18.2 Å². The molecule has 26 heavy (non-hydrogen) atoms. The molecule has 1 aromatic rings. The van der Waals surface area contributed by atoms with Crippen molar-refractivity contribution in [1.82, 2.24) is 10.2 Å². The standard InChI is InChI=1S/C20H32N4O2/c1-15(2)14-24-9-4-6-17(24)13-22-20(21-3)23-16-7-8-18-19(12-16)26-11-5-10-25-18/h7-8,12,15,17H,4-6,9-11,13-14H2,1-3H3,(H2,21,22,23)/t17-/m1/s1. The number of aliphatic imine (C=N–C) groups is 1. The molecule has 1 saturated heterocycles. The van der Waals surface area contributed by atoms with Gasteiger partial charge in [0.15, 0.2) is 17.5 Å². The van der Waals surface area contributed by atoms with Crippen LogP contribution < -0.4 is 20.1 Å². The Morgan fingerprint density at radius 3 is 2.81 bits per heavy atom. The highest BCUT2D eigenvalue weighted by atomic mass is 16.5. The molecule has 0 aliphatic carbocycles. The molecule has 0 saturated carbocycles. The number of benzene rings is 1. The van der Waals surface area contributed by atoms with E-state index in [2.05, 4.69) is 34.4 Å². The number of fused-ring (bicyclic) bond motifs is 1. The lowest BCUT2D eigenvalue weighted by atomic mass is 10.1. The summed E-state index contributed by atoms with van der Waals surface area (Å²) in [6.07, 6.45) is 3.45. The van der Waals surface area contributed by atoms with Crippen molar-refractivity contribution in [3.05, 3.63) is 18.2 Å². The van der Waals surface area contributed by atoms with E-state index in [1.165, 1.54) is 25.9 Å². The van der Waals surface area contributed by atoms with E-state index in [0.29, 0.717) is 25.2 Å². The van der Waals surface area contributed by atoms with Crippen LogP contribution in [0.2, 0.25) is 0 Å². The van der Waals surface area contributed by atoms with Crippen LogP contribution >= 0.6 is 0 Å². The number of guanidine groups is 1. The molecule has 2 aliphatic heterocycles. The second-order valence-electron chi connectivity index (χ2n) is 7.47. The average molecular weight is 361 g/mol. The molecule has 0 amide bonds. The molecule has 1 aromatic carbocycles. The molecule has 1 fully saturated rings. The van der Waals surface area contributed by atoms with Gasteiger partial charge < -0.3 is 20.1 Å². The van der Waals surface area contributed by atoms with Crippen LogP contribution in [0, 0.1) is 5.92 Å². The minimum atomic E-state index is 0.583. The highest BCUT2D eigenvalue weighted by Crippen LogP contribution is 2.32. The molecule has 6 nitrogen and oxygen atoms in total. The average Bonchev–Trinajstić information content (AvgIpc) is 2.92. The number of anilines is 1. The Balaban J connectivity index is 1.56. The molecule has 2 N–H and O–H groups in total. The Hall–Kier alpha value is -1.95. The molecule has 0 spiro atoms. The van der Waals surface area contributed by atoms with Gasteiger partial charge in [0.25, 0.3) is 0 Å². The van der Waals surface area contributed by atoms with Crippen LogP contribution in [0.15, 0.2) is 23.2 Å². The van der Waals surface area contributed by atoms with E-state index in [1.54, 1.807) is 7.05 Å². The van der Waals surface area contributed by atoms with Gasteiger partial charge in [-0.2, -0.15) is 0 Å². The Kier molecular flexibility index (Phi) is 6.61. The zero-order valence-corrected chi connectivity index (χ0v) is 16.3. The smallest absolute Gasteiger partial charge is 0.195 e. The first-order valence-corrected chi connectivity index (χ1v) is 9.77. The molecule has 0 unspecified atom stereocenters. The van der Waals surface area contributed by atoms with Gasteiger partial charge in [0, 0.05) is 44.4 Å². The Bertz CT molecular complexity index is 618. The summed E-state index contributed by atoms with van der Waals surface area (Å²) in [4.78, 5) is 6.96. The van der Waals surface area contributed by atoms with Crippen LogP contribution in [0.5, 0.6) is 11.5 Å². The van der Waals surface area contributed by atoms with Crippen LogP contribution in [0.25, 0.3) is 0 Å². The summed E-state index contributed by atoms with van der Waals surface area (Å²) in [6.45, 7) is 9.26. The maximum Gasteiger partial charge on any atom is 0.195 e. The van der Waals surface area contributed by atoms with Crippen molar-refractivity contribution in [2.24, 2.45) is 10.9 Å². The van der Waals surface area contributed by atoms with E-state index >= 15 is 0 Å². The zero-order chi connectivity index (χ0) is 18.4. The fraction of sp³-hybridized carbons (Fsp3) is 0.650. The molecule has 0 bridgehead atoms. The second kappa shape index (κ2) is 9.12. The predicted octanol–water partition coefficient (Wildman–Crippen LogP) is 2.96. The number of hydrogen-bond donors (Lipinski definition) is 2. The Morgan fingerprint density at radius 1 is 1.23 bits per heavy atom. The molecule has 0 radical (unpaired) electrons. The van der Waals surface area contributed by atoms with Crippen molar-refractivity contribution in [3.63, 3.8) is 0 Å². The summed E-state index contributed by atoms with van der Waals surface area (Å²) in [5, 5.41) is 6.84. The topological polar surface area (TPSA) is 58.1 Å². The number of rotatable bonds is 5. The first-order chi connectivity index (χ1) is 12.7. The van der Waals surface area contributed by atoms with E-state index in [4.69, 9.17) is 9.47 Å². The lowest BCUT2D eigenvalue weighted by molar-refractivity contribution is 0.227. The number of nitrogens with zero attached hydrogens (tertiary/aromatic N) is 2. The van der Waals surface area contributed by atoms with Gasteiger partial charge in [0.2, 0.25) is 0 Å². The van der Waals surface area contributed by atoms with Crippen LogP contribution in [-0.4, -0.2) is 56.8 Å². The van der Waals surface area contributed by atoms with Gasteiger partial charge in [0.05, 0.1) is 13.2 Å². The van der Waals surface area contributed by atoms with E-state index in [-0.39, 0.29) is 0 Å². The van der Waals surface area contributed by atoms with Gasteiger partial charge in [-0.25, -0.2) is 0 Å². The van der Waals surface area contributed by atoms with E-state index in [0.717, 1.165) is 36.1 Å². The lowest BCUT2D eigenvalue weighted by Crippen LogP contribution is -2.43.